The van der Waals surface area contributed by atoms with Crippen LogP contribution in [0.4, 0.5) is 5.82 Å². The average Bonchev–Trinajstić information content (AvgIpc) is 3.31. The van der Waals surface area contributed by atoms with Crippen molar-refractivity contribution in [3.8, 4) is 0 Å². The number of nitrogens with one attached hydrogen (secondary N) is 2. The highest BCUT2D eigenvalue weighted by Crippen LogP contribution is 2.29. The number of nitrogens with two attached hydrogens (primary N) is 1. The Morgan fingerprint density at radius 3 is 2.67 bits per heavy atom. The first-order valence-electron chi connectivity index (χ1n) is 11.9. The van der Waals surface area contributed by atoms with Gasteiger partial charge in [-0.3, -0.25) is 14.4 Å². The molecule has 1 saturated heterocycles. The van der Waals surface area contributed by atoms with Crippen molar-refractivity contribution in [2.45, 2.75) is 70.5 Å². The summed E-state index contributed by atoms with van der Waals surface area (Å²) in [4.78, 5) is 44.1. The van der Waals surface area contributed by atoms with E-state index in [1.165, 1.54) is 13.3 Å². The average molecular weight is 452 g/mol. The fourth-order valence-corrected chi connectivity index (χ4v) is 5.22. The summed E-state index contributed by atoms with van der Waals surface area (Å²) in [5.41, 5.74) is 6.87. The van der Waals surface area contributed by atoms with Gasteiger partial charge < -0.3 is 21.3 Å². The molecule has 2 fully saturated rings. The van der Waals surface area contributed by atoms with Gasteiger partial charge in [0.25, 0.3) is 0 Å². The first-order chi connectivity index (χ1) is 15.9. The van der Waals surface area contributed by atoms with E-state index in [-0.39, 0.29) is 23.6 Å². The predicted molar refractivity (Wildman–Crippen MR) is 127 cm³/mol. The zero-order chi connectivity index (χ0) is 23.4. The van der Waals surface area contributed by atoms with Crippen LogP contribution in [0.25, 0.3) is 10.8 Å². The Bertz CT molecular complexity index is 1030. The highest BCUT2D eigenvalue weighted by atomic mass is 16.2. The Morgan fingerprint density at radius 2 is 1.91 bits per heavy atom. The summed E-state index contributed by atoms with van der Waals surface area (Å²) >= 11 is 0. The molecule has 2 atom stereocenters. The fraction of sp³-hybridized carbons (Fsp3) is 0.520. The van der Waals surface area contributed by atoms with Gasteiger partial charge in [-0.2, -0.15) is 0 Å². The molecule has 0 spiro atoms. The Balaban J connectivity index is 1.42. The molecule has 3 amide bonds. The number of fused-ring (bicyclic) bond motifs is 1. The number of aromatic nitrogens is 1. The second-order valence-electron chi connectivity index (χ2n) is 9.24. The molecule has 2 aromatic rings. The minimum absolute atomic E-state index is 0.122. The van der Waals surface area contributed by atoms with E-state index in [2.05, 4.69) is 15.6 Å². The molecule has 4 rings (SSSR count). The van der Waals surface area contributed by atoms with Crippen LogP contribution in [-0.4, -0.2) is 46.2 Å². The number of amides is 3. The van der Waals surface area contributed by atoms with Crippen LogP contribution in [0.2, 0.25) is 0 Å². The number of hydrogen-bond donors (Lipinski definition) is 3. The molecule has 1 aromatic heterocycles. The van der Waals surface area contributed by atoms with Crippen molar-refractivity contribution in [2.75, 3.05) is 12.3 Å². The maximum absolute atomic E-state index is 13.5. The number of carbonyl (C=O) groups excluding carboxylic acids is 3. The van der Waals surface area contributed by atoms with Crippen molar-refractivity contribution in [1.82, 2.24) is 20.5 Å². The second kappa shape index (κ2) is 10.2. The predicted octanol–water partition coefficient (Wildman–Crippen LogP) is 2.51. The minimum Gasteiger partial charge on any atom is -0.383 e. The number of benzene rings is 1. The first-order valence-corrected chi connectivity index (χ1v) is 11.9. The largest absolute Gasteiger partial charge is 0.383 e. The Morgan fingerprint density at radius 1 is 1.12 bits per heavy atom. The lowest BCUT2D eigenvalue weighted by molar-refractivity contribution is -0.142. The van der Waals surface area contributed by atoms with Crippen LogP contribution in [-0.2, 0) is 20.9 Å². The van der Waals surface area contributed by atoms with Gasteiger partial charge in [-0.15, -0.1) is 0 Å². The first kappa shape index (κ1) is 23.0. The third-order valence-electron chi connectivity index (χ3n) is 6.91. The van der Waals surface area contributed by atoms with Gasteiger partial charge >= 0.3 is 0 Å². The van der Waals surface area contributed by atoms with Crippen LogP contribution in [0.15, 0.2) is 30.5 Å². The lowest BCUT2D eigenvalue weighted by Crippen LogP contribution is -2.55. The Hall–Kier alpha value is -3.16. The van der Waals surface area contributed by atoms with Gasteiger partial charge in [0.05, 0.1) is 0 Å². The molecule has 2 aliphatic rings. The third-order valence-corrected chi connectivity index (χ3v) is 6.91. The van der Waals surface area contributed by atoms with E-state index in [1.54, 1.807) is 11.1 Å². The van der Waals surface area contributed by atoms with Crippen LogP contribution in [0, 0.1) is 5.92 Å². The molecule has 1 unspecified atom stereocenters. The molecule has 33 heavy (non-hydrogen) atoms. The molecule has 4 N–H and O–H groups in total. The molecule has 0 radical (unpaired) electrons. The van der Waals surface area contributed by atoms with Crippen molar-refractivity contribution in [1.29, 1.82) is 0 Å². The standard InChI is InChI=1S/C25H33N5O3/c1-16(31)29-22(18-6-3-2-4-7-18)25(33)30-13-5-8-21(30)24(32)28-15-17-9-10-20-19(14-17)11-12-27-23(20)26/h9-12,14,18,21-22H,2-8,13,15H2,1H3,(H2,26,27)(H,28,32)(H,29,31)/t21-,22?/m0/s1. The van der Waals surface area contributed by atoms with Crippen molar-refractivity contribution in [2.24, 2.45) is 5.92 Å². The second-order valence-corrected chi connectivity index (χ2v) is 9.24. The molecule has 1 aliphatic carbocycles. The lowest BCUT2D eigenvalue weighted by atomic mass is 9.83. The SMILES string of the molecule is CC(=O)NC(C(=O)N1CCC[C@H]1C(=O)NCc1ccc2c(N)nccc2c1)C1CCCCC1. The maximum Gasteiger partial charge on any atom is 0.246 e. The Kier molecular flexibility index (Phi) is 7.11. The van der Waals surface area contributed by atoms with Gasteiger partial charge in [0, 0.05) is 31.6 Å². The van der Waals surface area contributed by atoms with Gasteiger partial charge in [0.1, 0.15) is 17.9 Å². The van der Waals surface area contributed by atoms with Gasteiger partial charge in [-0.25, -0.2) is 4.98 Å². The van der Waals surface area contributed by atoms with Crippen LogP contribution in [0.5, 0.6) is 0 Å². The summed E-state index contributed by atoms with van der Waals surface area (Å²) in [6.07, 6.45) is 8.27. The summed E-state index contributed by atoms with van der Waals surface area (Å²) in [6, 6.07) is 6.66. The molecule has 2 heterocycles. The number of rotatable bonds is 6. The number of likely N-dealkylation sites (tertiary alicyclic amines) is 1. The number of hydrogen-bond acceptors (Lipinski definition) is 5. The summed E-state index contributed by atoms with van der Waals surface area (Å²) in [5.74, 6) is 0.143. The zero-order valence-electron chi connectivity index (χ0n) is 19.2. The highest BCUT2D eigenvalue weighted by molar-refractivity contribution is 5.93. The van der Waals surface area contributed by atoms with E-state index in [9.17, 15) is 14.4 Å². The summed E-state index contributed by atoms with van der Waals surface area (Å²) in [5, 5.41) is 7.74. The number of nitrogens with zero attached hydrogens (tertiary/aromatic N) is 2. The van der Waals surface area contributed by atoms with Crippen LogP contribution < -0.4 is 16.4 Å². The van der Waals surface area contributed by atoms with Crippen LogP contribution >= 0.6 is 0 Å². The van der Waals surface area contributed by atoms with Crippen LogP contribution in [0.3, 0.4) is 0 Å². The molecule has 8 heteroatoms. The van der Waals surface area contributed by atoms with Gasteiger partial charge in [-0.1, -0.05) is 31.4 Å². The molecule has 176 valence electrons. The van der Waals surface area contributed by atoms with Crippen molar-refractivity contribution < 1.29 is 14.4 Å². The summed E-state index contributed by atoms with van der Waals surface area (Å²) < 4.78 is 0. The topological polar surface area (TPSA) is 117 Å². The number of anilines is 1. The van der Waals surface area contributed by atoms with Crippen LogP contribution in [0.1, 0.15) is 57.4 Å². The number of nitrogen functional groups attached to an aromatic ring is 1. The smallest absolute Gasteiger partial charge is 0.246 e. The van der Waals surface area contributed by atoms with Gasteiger partial charge in [0.15, 0.2) is 0 Å². The van der Waals surface area contributed by atoms with E-state index in [4.69, 9.17) is 5.73 Å². The van der Waals surface area contributed by atoms with E-state index < -0.39 is 12.1 Å². The quantitative estimate of drug-likeness (QED) is 0.624. The molecule has 8 nitrogen and oxygen atoms in total. The van der Waals surface area contributed by atoms with Gasteiger partial charge in [-0.05, 0) is 54.7 Å². The fourth-order valence-electron chi connectivity index (χ4n) is 5.22. The van der Waals surface area contributed by atoms with Crippen molar-refractivity contribution >= 4 is 34.3 Å². The van der Waals surface area contributed by atoms with E-state index in [0.29, 0.717) is 25.3 Å². The highest BCUT2D eigenvalue weighted by Gasteiger charge is 2.40. The van der Waals surface area contributed by atoms with E-state index in [1.807, 2.05) is 24.3 Å². The number of carbonyl (C=O) groups is 3. The minimum atomic E-state index is -0.546. The zero-order valence-corrected chi connectivity index (χ0v) is 19.2. The number of pyridine rings is 1. The van der Waals surface area contributed by atoms with E-state index in [0.717, 1.165) is 48.4 Å². The molecular formula is C25H33N5O3. The summed E-state index contributed by atoms with van der Waals surface area (Å²) in [6.45, 7) is 2.36. The molecule has 1 saturated carbocycles. The van der Waals surface area contributed by atoms with Crippen molar-refractivity contribution in [3.63, 3.8) is 0 Å². The van der Waals surface area contributed by atoms with Gasteiger partial charge in [0.2, 0.25) is 17.7 Å². The Labute approximate surface area is 194 Å². The molecule has 1 aromatic carbocycles. The monoisotopic (exact) mass is 451 g/mol. The molecular weight excluding hydrogens is 418 g/mol. The molecule has 0 bridgehead atoms. The van der Waals surface area contributed by atoms with Crippen molar-refractivity contribution in [3.05, 3.63) is 36.0 Å². The summed E-state index contributed by atoms with van der Waals surface area (Å²) in [7, 11) is 0. The lowest BCUT2D eigenvalue weighted by Gasteiger charge is -2.34. The molecule has 1 aliphatic heterocycles. The normalized spacial score (nSPS) is 19.9. The van der Waals surface area contributed by atoms with E-state index >= 15 is 0 Å². The maximum atomic E-state index is 13.5. The third kappa shape index (κ3) is 5.26.